The highest BCUT2D eigenvalue weighted by Gasteiger charge is 1.90. The predicted octanol–water partition coefficient (Wildman–Crippen LogP) is 2.02. The summed E-state index contributed by atoms with van der Waals surface area (Å²) in [4.78, 5) is 10.9. The van der Waals surface area contributed by atoms with Gasteiger partial charge in [0.2, 0.25) is 0 Å². The van der Waals surface area contributed by atoms with E-state index in [9.17, 15) is 4.79 Å². The Kier molecular flexibility index (Phi) is 6.58. The van der Waals surface area contributed by atoms with E-state index in [4.69, 9.17) is 0 Å². The first-order chi connectivity index (χ1) is 7.83. The topological polar surface area (TPSA) is 34.0 Å². The Morgan fingerprint density at radius 2 is 1.88 bits per heavy atom. The third-order valence-corrected chi connectivity index (χ3v) is 2.61. The van der Waals surface area contributed by atoms with E-state index in [0.717, 1.165) is 19.6 Å². The zero-order valence-corrected chi connectivity index (χ0v) is 10.1. The third kappa shape index (κ3) is 5.71. The van der Waals surface area contributed by atoms with Crippen LogP contribution in [0.25, 0.3) is 0 Å². The first-order valence-corrected chi connectivity index (χ1v) is 6.19. The summed E-state index contributed by atoms with van der Waals surface area (Å²) in [5.74, 6) is 0. The Balaban J connectivity index is 2.03. The molecule has 0 aromatic carbocycles. The van der Waals surface area contributed by atoms with Crippen LogP contribution in [0.2, 0.25) is 0 Å². The molecule has 90 valence electrons. The Morgan fingerprint density at radius 1 is 1.12 bits per heavy atom. The Bertz CT molecular complexity index is 312. The molecule has 0 aliphatic heterocycles. The fraction of sp³-hybridized carbons (Fsp3) is 0.615. The van der Waals surface area contributed by atoms with E-state index in [1.165, 1.54) is 25.7 Å². The van der Waals surface area contributed by atoms with Crippen molar-refractivity contribution in [1.29, 1.82) is 0 Å². The molecule has 0 radical (unpaired) electrons. The van der Waals surface area contributed by atoms with Crippen LogP contribution < -0.4 is 10.7 Å². The Morgan fingerprint density at radius 3 is 2.56 bits per heavy atom. The van der Waals surface area contributed by atoms with Gasteiger partial charge in [-0.1, -0.05) is 26.2 Å². The van der Waals surface area contributed by atoms with Crippen LogP contribution in [0.15, 0.2) is 29.3 Å². The highest BCUT2D eigenvalue weighted by atomic mass is 16.1. The molecule has 0 spiro atoms. The van der Waals surface area contributed by atoms with Gasteiger partial charge in [-0.25, -0.2) is 0 Å². The van der Waals surface area contributed by atoms with Crippen LogP contribution in [0.4, 0.5) is 0 Å². The minimum atomic E-state index is 0.0729. The van der Waals surface area contributed by atoms with Gasteiger partial charge in [0.1, 0.15) is 0 Å². The zero-order valence-electron chi connectivity index (χ0n) is 10.1. The van der Waals surface area contributed by atoms with Crippen LogP contribution in [-0.4, -0.2) is 17.7 Å². The van der Waals surface area contributed by atoms with Crippen LogP contribution in [0.1, 0.15) is 32.6 Å². The first kappa shape index (κ1) is 13.0. The minimum Gasteiger partial charge on any atom is -0.353 e. The summed E-state index contributed by atoms with van der Waals surface area (Å²) in [6.45, 7) is 5.22. The smallest absolute Gasteiger partial charge is 0.181 e. The van der Waals surface area contributed by atoms with Gasteiger partial charge in [-0.15, -0.1) is 0 Å². The summed E-state index contributed by atoms with van der Waals surface area (Å²) in [6.07, 6.45) is 8.88. The molecule has 3 heteroatoms. The Labute approximate surface area is 97.5 Å². The van der Waals surface area contributed by atoms with Crippen molar-refractivity contribution in [3.63, 3.8) is 0 Å². The fourth-order valence-corrected chi connectivity index (χ4v) is 1.60. The van der Waals surface area contributed by atoms with Gasteiger partial charge >= 0.3 is 0 Å². The molecule has 16 heavy (non-hydrogen) atoms. The van der Waals surface area contributed by atoms with Crippen molar-refractivity contribution in [1.82, 2.24) is 9.88 Å². The molecule has 0 aliphatic rings. The second-order valence-electron chi connectivity index (χ2n) is 4.08. The SMILES string of the molecule is CCCCCCNCCn1ccc(=O)cc1. The fourth-order valence-electron chi connectivity index (χ4n) is 1.60. The molecule has 0 unspecified atom stereocenters. The van der Waals surface area contributed by atoms with Gasteiger partial charge in [0.15, 0.2) is 5.43 Å². The number of rotatable bonds is 8. The molecule has 0 saturated carbocycles. The lowest BCUT2D eigenvalue weighted by Gasteiger charge is -2.07. The van der Waals surface area contributed by atoms with Crippen LogP contribution in [0.3, 0.4) is 0 Å². The van der Waals surface area contributed by atoms with Crippen molar-refractivity contribution in [2.75, 3.05) is 13.1 Å². The maximum atomic E-state index is 10.9. The number of nitrogens with zero attached hydrogens (tertiary/aromatic N) is 1. The average molecular weight is 222 g/mol. The molecule has 3 nitrogen and oxygen atoms in total. The molecule has 0 bridgehead atoms. The lowest BCUT2D eigenvalue weighted by molar-refractivity contribution is 0.560. The molecule has 1 aromatic rings. The molecule has 0 atom stereocenters. The van der Waals surface area contributed by atoms with Gasteiger partial charge in [0.25, 0.3) is 0 Å². The highest BCUT2D eigenvalue weighted by molar-refractivity contribution is 4.93. The van der Waals surface area contributed by atoms with Gasteiger partial charge in [-0.05, 0) is 13.0 Å². The number of unbranched alkanes of at least 4 members (excludes halogenated alkanes) is 3. The van der Waals surface area contributed by atoms with E-state index < -0.39 is 0 Å². The lowest BCUT2D eigenvalue weighted by atomic mass is 10.2. The largest absolute Gasteiger partial charge is 0.353 e. The molecule has 0 fully saturated rings. The third-order valence-electron chi connectivity index (χ3n) is 2.61. The summed E-state index contributed by atoms with van der Waals surface area (Å²) >= 11 is 0. The van der Waals surface area contributed by atoms with E-state index in [1.807, 2.05) is 17.0 Å². The molecule has 0 aliphatic carbocycles. The number of aromatic nitrogens is 1. The first-order valence-electron chi connectivity index (χ1n) is 6.19. The normalized spacial score (nSPS) is 10.6. The van der Waals surface area contributed by atoms with Gasteiger partial charge in [-0.3, -0.25) is 4.79 Å². The van der Waals surface area contributed by atoms with Crippen LogP contribution in [-0.2, 0) is 6.54 Å². The second-order valence-corrected chi connectivity index (χ2v) is 4.08. The standard InChI is InChI=1S/C13H22N2O/c1-2-3-4-5-8-14-9-12-15-10-6-13(16)7-11-15/h6-7,10-11,14H,2-5,8-9,12H2,1H3. The van der Waals surface area contributed by atoms with E-state index in [0.29, 0.717) is 0 Å². The highest BCUT2D eigenvalue weighted by Crippen LogP contribution is 1.96. The molecular formula is C13H22N2O. The number of hydrogen-bond donors (Lipinski definition) is 1. The summed E-state index contributed by atoms with van der Waals surface area (Å²) < 4.78 is 2.03. The van der Waals surface area contributed by atoms with Crippen molar-refractivity contribution in [2.24, 2.45) is 0 Å². The Hall–Kier alpha value is -1.09. The maximum Gasteiger partial charge on any atom is 0.181 e. The van der Waals surface area contributed by atoms with E-state index in [-0.39, 0.29) is 5.43 Å². The van der Waals surface area contributed by atoms with Gasteiger partial charge in [0.05, 0.1) is 0 Å². The molecular weight excluding hydrogens is 200 g/mol. The number of pyridine rings is 1. The van der Waals surface area contributed by atoms with Crippen molar-refractivity contribution in [2.45, 2.75) is 39.2 Å². The van der Waals surface area contributed by atoms with Gasteiger partial charge in [0, 0.05) is 37.6 Å². The van der Waals surface area contributed by atoms with E-state index in [2.05, 4.69) is 12.2 Å². The average Bonchev–Trinajstić information content (AvgIpc) is 2.30. The summed E-state index contributed by atoms with van der Waals surface area (Å²) in [5.41, 5.74) is 0.0729. The van der Waals surface area contributed by atoms with Crippen LogP contribution in [0, 0.1) is 0 Å². The zero-order chi connectivity index (χ0) is 11.6. The van der Waals surface area contributed by atoms with E-state index in [1.54, 1.807) is 12.1 Å². The molecule has 1 aromatic heterocycles. The molecule has 1 N–H and O–H groups in total. The monoisotopic (exact) mass is 222 g/mol. The van der Waals surface area contributed by atoms with Gasteiger partial charge < -0.3 is 9.88 Å². The quantitative estimate of drug-likeness (QED) is 0.683. The van der Waals surface area contributed by atoms with Crippen molar-refractivity contribution in [3.05, 3.63) is 34.7 Å². The van der Waals surface area contributed by atoms with Crippen molar-refractivity contribution < 1.29 is 0 Å². The van der Waals surface area contributed by atoms with Crippen molar-refractivity contribution in [3.8, 4) is 0 Å². The number of nitrogens with one attached hydrogen (secondary N) is 1. The van der Waals surface area contributed by atoms with Crippen LogP contribution in [0.5, 0.6) is 0 Å². The summed E-state index contributed by atoms with van der Waals surface area (Å²) in [5, 5.41) is 3.41. The van der Waals surface area contributed by atoms with Crippen molar-refractivity contribution >= 4 is 0 Å². The lowest BCUT2D eigenvalue weighted by Crippen LogP contribution is -2.21. The molecule has 1 rings (SSSR count). The van der Waals surface area contributed by atoms with E-state index >= 15 is 0 Å². The minimum absolute atomic E-state index is 0.0729. The summed E-state index contributed by atoms with van der Waals surface area (Å²) in [7, 11) is 0. The predicted molar refractivity (Wildman–Crippen MR) is 67.7 cm³/mol. The van der Waals surface area contributed by atoms with Gasteiger partial charge in [-0.2, -0.15) is 0 Å². The molecule has 0 amide bonds. The molecule has 0 saturated heterocycles. The maximum absolute atomic E-state index is 10.9. The molecule has 1 heterocycles. The summed E-state index contributed by atoms with van der Waals surface area (Å²) in [6, 6.07) is 3.20. The second kappa shape index (κ2) is 8.11. The number of hydrogen-bond acceptors (Lipinski definition) is 2. The van der Waals surface area contributed by atoms with Crippen LogP contribution >= 0.6 is 0 Å².